The van der Waals surface area contributed by atoms with Crippen molar-refractivity contribution in [2.24, 2.45) is 5.73 Å². The van der Waals surface area contributed by atoms with Gasteiger partial charge in [-0.05, 0) is 43.3 Å². The first kappa shape index (κ1) is 38.6. The number of unbranched alkanes of at least 4 members (excludes halogenated alkanes) is 1. The van der Waals surface area contributed by atoms with E-state index >= 15 is 0 Å². The first-order chi connectivity index (χ1) is 20.7. The Morgan fingerprint density at radius 3 is 2.28 bits per heavy atom. The van der Waals surface area contributed by atoms with Gasteiger partial charge in [0.2, 0.25) is 0 Å². The molecular weight excluding hydrogens is 540 g/mol. The molecule has 0 radical (unpaired) electrons. The van der Waals surface area contributed by atoms with Crippen LogP contribution in [-0.2, 0) is 9.53 Å². The number of nitriles is 1. The molecule has 43 heavy (non-hydrogen) atoms. The summed E-state index contributed by atoms with van der Waals surface area (Å²) in [7, 11) is 3.95. The van der Waals surface area contributed by atoms with Gasteiger partial charge in [0.15, 0.2) is 0 Å². The molecule has 0 bridgehead atoms. The maximum atomic E-state index is 13.3. The van der Waals surface area contributed by atoms with Crippen LogP contribution in [0.1, 0.15) is 64.2 Å². The number of carbonyl (C=O) groups is 2. The highest BCUT2D eigenvalue weighted by molar-refractivity contribution is 6.07. The normalized spacial score (nSPS) is 12.7. The van der Waals surface area contributed by atoms with Gasteiger partial charge in [-0.15, -0.1) is 0 Å². The molecule has 0 fully saturated rings. The minimum Gasteiger partial charge on any atom is -0.466 e. The van der Waals surface area contributed by atoms with Crippen LogP contribution in [0.5, 0.6) is 0 Å². The standard InChI is InChI=1S/C21H27N5O3.C7H7N.C4H10.C2H6/c1-4-29-20(27)10-12-26(18-7-5-6-11-23-18)21(28)15-8-9-16-17(13-15)25(3)19(14-22)24(16)2;1-3-4-5-7(2)6-8;1-3-4-2;1-2/h5-9,11,13,19H,4,10,12,14,22H2,1-3H3;3-5H,1-2H2;3-4H2,1-2H3;1-2H3/b;5-4-;;. The second kappa shape index (κ2) is 22.2. The number of anilines is 3. The van der Waals surface area contributed by atoms with Gasteiger partial charge in [-0.3, -0.25) is 14.5 Å². The molecule has 0 saturated heterocycles. The fourth-order valence-corrected chi connectivity index (χ4v) is 3.78. The van der Waals surface area contributed by atoms with Gasteiger partial charge in [0.1, 0.15) is 12.0 Å². The minimum atomic E-state index is -0.345. The largest absolute Gasteiger partial charge is 0.466 e. The van der Waals surface area contributed by atoms with E-state index in [2.05, 4.69) is 41.8 Å². The van der Waals surface area contributed by atoms with E-state index in [0.717, 1.165) is 11.4 Å². The lowest BCUT2D eigenvalue weighted by molar-refractivity contribution is -0.142. The van der Waals surface area contributed by atoms with Crippen LogP contribution in [0.15, 0.2) is 79.6 Å². The maximum Gasteiger partial charge on any atom is 0.307 e. The average Bonchev–Trinajstić information content (AvgIpc) is 3.29. The van der Waals surface area contributed by atoms with Crippen LogP contribution in [0.4, 0.5) is 17.2 Å². The molecule has 1 aromatic carbocycles. The molecule has 1 amide bonds. The molecule has 9 nitrogen and oxygen atoms in total. The summed E-state index contributed by atoms with van der Waals surface area (Å²) < 4.78 is 5.00. The third kappa shape index (κ3) is 12.5. The summed E-state index contributed by atoms with van der Waals surface area (Å²) in [4.78, 5) is 35.1. The molecule has 234 valence electrons. The highest BCUT2D eigenvalue weighted by atomic mass is 16.5. The zero-order valence-electron chi connectivity index (χ0n) is 27.0. The SMILES string of the molecule is C=C/C=C\C(=C)C#N.CC.CCCC.CCOC(=O)CCN(C(=O)c1ccc2c(c1)N(C)C(CN)N2C)c1ccccn1. The minimum absolute atomic E-state index is 0.0473. The predicted molar refractivity (Wildman–Crippen MR) is 179 cm³/mol. The van der Waals surface area contributed by atoms with Crippen LogP contribution >= 0.6 is 0 Å². The highest BCUT2D eigenvalue weighted by Gasteiger charge is 2.31. The van der Waals surface area contributed by atoms with Gasteiger partial charge in [0.05, 0.1) is 30.5 Å². The Morgan fingerprint density at radius 1 is 1.12 bits per heavy atom. The number of rotatable bonds is 10. The van der Waals surface area contributed by atoms with E-state index in [0.29, 0.717) is 30.1 Å². The van der Waals surface area contributed by atoms with E-state index in [-0.39, 0.29) is 31.0 Å². The van der Waals surface area contributed by atoms with Crippen molar-refractivity contribution in [3.05, 3.63) is 85.1 Å². The van der Waals surface area contributed by atoms with Crippen LogP contribution in [0.25, 0.3) is 0 Å². The lowest BCUT2D eigenvalue weighted by Gasteiger charge is -2.26. The van der Waals surface area contributed by atoms with E-state index < -0.39 is 0 Å². The lowest BCUT2D eigenvalue weighted by atomic mass is 10.1. The van der Waals surface area contributed by atoms with Gasteiger partial charge in [0.25, 0.3) is 5.91 Å². The molecule has 1 atom stereocenters. The second-order valence-corrected chi connectivity index (χ2v) is 9.07. The Balaban J connectivity index is 0.00000106. The van der Waals surface area contributed by atoms with E-state index in [1.807, 2.05) is 52.2 Å². The number of nitrogens with two attached hydrogens (primary N) is 1. The number of esters is 1. The van der Waals surface area contributed by atoms with E-state index in [9.17, 15) is 9.59 Å². The van der Waals surface area contributed by atoms with E-state index in [1.54, 1.807) is 49.5 Å². The lowest BCUT2D eigenvalue weighted by Crippen LogP contribution is -2.44. The first-order valence-electron chi connectivity index (χ1n) is 14.8. The number of carbonyl (C=O) groups excluding carboxylic acids is 2. The van der Waals surface area contributed by atoms with E-state index in [1.165, 1.54) is 17.7 Å². The summed E-state index contributed by atoms with van der Waals surface area (Å²) in [6.07, 6.45) is 9.28. The second-order valence-electron chi connectivity index (χ2n) is 9.07. The van der Waals surface area contributed by atoms with Crippen LogP contribution in [0.2, 0.25) is 0 Å². The third-order valence-electron chi connectivity index (χ3n) is 6.18. The molecule has 0 aliphatic carbocycles. The average molecular weight is 591 g/mol. The maximum absolute atomic E-state index is 13.3. The van der Waals surface area contributed by atoms with Crippen molar-refractivity contribution in [1.29, 1.82) is 5.26 Å². The van der Waals surface area contributed by atoms with Crippen molar-refractivity contribution in [3.63, 3.8) is 0 Å². The number of nitrogens with zero attached hydrogens (tertiary/aromatic N) is 5. The van der Waals surface area contributed by atoms with Gasteiger partial charge in [-0.2, -0.15) is 5.26 Å². The number of ether oxygens (including phenoxy) is 1. The van der Waals surface area contributed by atoms with Crippen LogP contribution in [0, 0.1) is 11.3 Å². The van der Waals surface area contributed by atoms with Crippen molar-refractivity contribution in [1.82, 2.24) is 4.98 Å². The number of allylic oxidation sites excluding steroid dienone is 4. The number of pyridine rings is 1. The molecule has 2 aromatic rings. The molecule has 2 heterocycles. The Kier molecular flexibility index (Phi) is 19.9. The summed E-state index contributed by atoms with van der Waals surface area (Å²) in [6, 6.07) is 12.8. The topological polar surface area (TPSA) is 116 Å². The number of benzene rings is 1. The van der Waals surface area contributed by atoms with Crippen molar-refractivity contribution in [3.8, 4) is 6.07 Å². The zero-order valence-corrected chi connectivity index (χ0v) is 27.0. The molecule has 0 spiro atoms. The molecule has 9 heteroatoms. The molecule has 1 aromatic heterocycles. The summed E-state index contributed by atoms with van der Waals surface area (Å²) in [5, 5.41) is 8.13. The Morgan fingerprint density at radius 2 is 1.77 bits per heavy atom. The first-order valence-corrected chi connectivity index (χ1v) is 14.8. The van der Waals surface area contributed by atoms with Gasteiger partial charge in [0, 0.05) is 44.5 Å². The number of hydrogen-bond donors (Lipinski definition) is 1. The molecular formula is C34H50N6O3. The summed E-state index contributed by atoms with van der Waals surface area (Å²) in [5.74, 6) is -0.0713. The van der Waals surface area contributed by atoms with Crippen LogP contribution in [-0.4, -0.2) is 56.8 Å². The molecule has 1 aliphatic rings. The smallest absolute Gasteiger partial charge is 0.307 e. The quantitative estimate of drug-likeness (QED) is 0.190. The third-order valence-corrected chi connectivity index (χ3v) is 6.18. The number of fused-ring (bicyclic) bond motifs is 1. The Labute approximate surface area is 258 Å². The van der Waals surface area contributed by atoms with Crippen molar-refractivity contribution in [2.75, 3.05) is 48.5 Å². The number of aromatic nitrogens is 1. The summed E-state index contributed by atoms with van der Waals surface area (Å²) in [6.45, 7) is 17.9. The molecule has 1 unspecified atom stereocenters. The van der Waals surface area contributed by atoms with Gasteiger partial charge >= 0.3 is 5.97 Å². The zero-order chi connectivity index (χ0) is 32.8. The van der Waals surface area contributed by atoms with Crippen molar-refractivity contribution < 1.29 is 14.3 Å². The molecule has 2 N–H and O–H groups in total. The van der Waals surface area contributed by atoms with Crippen LogP contribution < -0.4 is 20.4 Å². The number of hydrogen-bond acceptors (Lipinski definition) is 8. The molecule has 1 aliphatic heterocycles. The molecule has 0 saturated carbocycles. The summed E-state index contributed by atoms with van der Waals surface area (Å²) in [5.41, 5.74) is 8.84. The fraction of sp³-hybridized carbons (Fsp3) is 0.412. The van der Waals surface area contributed by atoms with Crippen molar-refractivity contribution >= 4 is 29.1 Å². The van der Waals surface area contributed by atoms with Crippen LogP contribution in [0.3, 0.4) is 0 Å². The number of likely N-dealkylation sites (N-methyl/N-ethyl adjacent to an activating group) is 2. The molecule has 3 rings (SSSR count). The van der Waals surface area contributed by atoms with Crippen molar-refractivity contribution in [2.45, 2.75) is 60.0 Å². The Bertz CT molecular complexity index is 1200. The van der Waals surface area contributed by atoms with Gasteiger partial charge in [-0.25, -0.2) is 4.98 Å². The number of amides is 1. The summed E-state index contributed by atoms with van der Waals surface area (Å²) >= 11 is 0. The highest BCUT2D eigenvalue weighted by Crippen LogP contribution is 2.38. The Hall–Kier alpha value is -4.42. The fourth-order valence-electron chi connectivity index (χ4n) is 3.78. The van der Waals surface area contributed by atoms with Gasteiger partial charge in [-0.1, -0.05) is 71.9 Å². The monoisotopic (exact) mass is 590 g/mol. The predicted octanol–water partition coefficient (Wildman–Crippen LogP) is 6.49. The van der Waals surface area contributed by atoms with Gasteiger partial charge < -0.3 is 20.3 Å². The van der Waals surface area contributed by atoms with E-state index in [4.69, 9.17) is 15.7 Å².